The van der Waals surface area contributed by atoms with Crippen molar-refractivity contribution in [3.63, 3.8) is 0 Å². The van der Waals surface area contributed by atoms with E-state index >= 15 is 0 Å². The molecular formula is C19H18FN3O2. The number of nitrogens with one attached hydrogen (secondary N) is 1. The van der Waals surface area contributed by atoms with E-state index < -0.39 is 0 Å². The molecule has 6 heteroatoms. The van der Waals surface area contributed by atoms with E-state index in [1.807, 2.05) is 12.1 Å². The third-order valence-electron chi connectivity index (χ3n) is 4.03. The monoisotopic (exact) mass is 339 g/mol. The molecule has 0 unspecified atom stereocenters. The molecule has 3 rings (SSSR count). The Morgan fingerprint density at radius 2 is 1.72 bits per heavy atom. The quantitative estimate of drug-likeness (QED) is 0.930. The lowest BCUT2D eigenvalue weighted by Gasteiger charge is -2.20. The molecule has 1 heterocycles. The van der Waals surface area contributed by atoms with Crippen molar-refractivity contribution in [1.82, 2.24) is 5.01 Å². The van der Waals surface area contributed by atoms with E-state index in [-0.39, 0.29) is 23.7 Å². The smallest absolute Gasteiger partial charge is 0.240 e. The summed E-state index contributed by atoms with van der Waals surface area (Å²) in [6.45, 7) is 2.91. The fourth-order valence-electron chi connectivity index (χ4n) is 2.87. The van der Waals surface area contributed by atoms with Gasteiger partial charge in [0.1, 0.15) is 5.82 Å². The number of rotatable bonds is 3. The summed E-state index contributed by atoms with van der Waals surface area (Å²) < 4.78 is 13.2. The third-order valence-corrected chi connectivity index (χ3v) is 4.03. The second-order valence-electron chi connectivity index (χ2n) is 5.94. The summed E-state index contributed by atoms with van der Waals surface area (Å²) >= 11 is 0. The summed E-state index contributed by atoms with van der Waals surface area (Å²) in [7, 11) is 0. The van der Waals surface area contributed by atoms with Crippen LogP contribution in [0.1, 0.15) is 37.4 Å². The highest BCUT2D eigenvalue weighted by molar-refractivity contribution is 6.03. The van der Waals surface area contributed by atoms with Crippen LogP contribution in [0.5, 0.6) is 0 Å². The molecule has 1 atom stereocenters. The molecule has 0 radical (unpaired) electrons. The molecule has 0 bridgehead atoms. The van der Waals surface area contributed by atoms with Gasteiger partial charge in [-0.05, 0) is 35.4 Å². The molecule has 0 aliphatic carbocycles. The van der Waals surface area contributed by atoms with Gasteiger partial charge in [-0.15, -0.1) is 0 Å². The maximum absolute atomic E-state index is 13.2. The number of halogens is 1. The number of hydrogen-bond donors (Lipinski definition) is 1. The predicted molar refractivity (Wildman–Crippen MR) is 93.6 cm³/mol. The van der Waals surface area contributed by atoms with Gasteiger partial charge in [-0.3, -0.25) is 9.59 Å². The minimum absolute atomic E-state index is 0.134. The molecule has 0 spiro atoms. The molecule has 25 heavy (non-hydrogen) atoms. The summed E-state index contributed by atoms with van der Waals surface area (Å²) in [5, 5.41) is 8.59. The first-order chi connectivity index (χ1) is 11.9. The van der Waals surface area contributed by atoms with Crippen LogP contribution >= 0.6 is 0 Å². The zero-order valence-electron chi connectivity index (χ0n) is 14.0. The van der Waals surface area contributed by atoms with Gasteiger partial charge < -0.3 is 5.32 Å². The molecule has 2 aromatic rings. The molecule has 5 nitrogen and oxygen atoms in total. The first-order valence-electron chi connectivity index (χ1n) is 7.95. The minimum Gasteiger partial charge on any atom is -0.326 e. The average molecular weight is 339 g/mol. The predicted octanol–water partition coefficient (Wildman–Crippen LogP) is 3.48. The molecule has 1 N–H and O–H groups in total. The van der Waals surface area contributed by atoms with E-state index in [2.05, 4.69) is 10.4 Å². The highest BCUT2D eigenvalue weighted by Gasteiger charge is 2.31. The number of anilines is 1. The first kappa shape index (κ1) is 16.8. The molecule has 0 fully saturated rings. The molecule has 2 amide bonds. The summed E-state index contributed by atoms with van der Waals surface area (Å²) in [6, 6.07) is 13.2. The van der Waals surface area contributed by atoms with Crippen molar-refractivity contribution in [3.05, 3.63) is 65.5 Å². The topological polar surface area (TPSA) is 61.8 Å². The molecule has 1 aliphatic heterocycles. The lowest BCUT2D eigenvalue weighted by Crippen LogP contribution is -2.24. The zero-order valence-corrected chi connectivity index (χ0v) is 14.0. The Labute approximate surface area is 145 Å². The second-order valence-corrected chi connectivity index (χ2v) is 5.94. The molecule has 128 valence electrons. The van der Waals surface area contributed by atoms with Gasteiger partial charge in [0, 0.05) is 26.0 Å². The number of nitrogens with zero attached hydrogens (tertiary/aromatic N) is 2. The minimum atomic E-state index is -0.314. The van der Waals surface area contributed by atoms with Gasteiger partial charge in [-0.1, -0.05) is 24.3 Å². The van der Waals surface area contributed by atoms with Crippen molar-refractivity contribution < 1.29 is 14.0 Å². The van der Waals surface area contributed by atoms with Gasteiger partial charge in [0.15, 0.2) is 0 Å². The van der Waals surface area contributed by atoms with Gasteiger partial charge >= 0.3 is 0 Å². The lowest BCUT2D eigenvalue weighted by atomic mass is 9.98. The van der Waals surface area contributed by atoms with Gasteiger partial charge in [0.05, 0.1) is 11.8 Å². The van der Waals surface area contributed by atoms with Crippen LogP contribution in [0.2, 0.25) is 0 Å². The fraction of sp³-hybridized carbons (Fsp3) is 0.211. The third kappa shape index (κ3) is 3.74. The Kier molecular flexibility index (Phi) is 4.61. The number of benzene rings is 2. The molecule has 2 aromatic carbocycles. The van der Waals surface area contributed by atoms with Crippen LogP contribution in [-0.2, 0) is 9.59 Å². The molecule has 0 saturated heterocycles. The number of amides is 2. The number of hydrazone groups is 1. The fourth-order valence-corrected chi connectivity index (χ4v) is 2.87. The van der Waals surface area contributed by atoms with Crippen LogP contribution in [0.25, 0.3) is 0 Å². The van der Waals surface area contributed by atoms with Crippen molar-refractivity contribution in [2.45, 2.75) is 26.3 Å². The van der Waals surface area contributed by atoms with E-state index in [1.165, 1.54) is 31.0 Å². The number of carbonyl (C=O) groups excluding carboxylic acids is 2. The summed E-state index contributed by atoms with van der Waals surface area (Å²) in [6.07, 6.45) is 0.546. The Hall–Kier alpha value is -3.02. The lowest BCUT2D eigenvalue weighted by molar-refractivity contribution is -0.130. The SMILES string of the molecule is CC(=O)Nc1ccc(C2=NN(C(C)=O)[C@@H](c3ccc(F)cc3)C2)cc1. The van der Waals surface area contributed by atoms with Crippen molar-refractivity contribution in [2.75, 3.05) is 5.32 Å². The Bertz CT molecular complexity index is 829. The molecule has 1 aliphatic rings. The summed E-state index contributed by atoms with van der Waals surface area (Å²) in [4.78, 5) is 23.0. The molecule has 0 saturated carbocycles. The Morgan fingerprint density at radius 3 is 2.28 bits per heavy atom. The normalized spacial score (nSPS) is 16.5. The zero-order chi connectivity index (χ0) is 18.0. The van der Waals surface area contributed by atoms with Gasteiger partial charge in [-0.25, -0.2) is 9.40 Å². The van der Waals surface area contributed by atoms with Crippen molar-refractivity contribution in [1.29, 1.82) is 0 Å². The van der Waals surface area contributed by atoms with Crippen molar-refractivity contribution in [2.24, 2.45) is 5.10 Å². The number of hydrogen-bond acceptors (Lipinski definition) is 3. The van der Waals surface area contributed by atoms with E-state index in [0.29, 0.717) is 12.1 Å². The van der Waals surface area contributed by atoms with E-state index in [9.17, 15) is 14.0 Å². The maximum atomic E-state index is 13.2. The van der Waals surface area contributed by atoms with Crippen LogP contribution in [0.15, 0.2) is 53.6 Å². The van der Waals surface area contributed by atoms with Gasteiger partial charge in [0.25, 0.3) is 0 Å². The molecular weight excluding hydrogens is 321 g/mol. The Morgan fingerprint density at radius 1 is 1.08 bits per heavy atom. The van der Waals surface area contributed by atoms with E-state index in [0.717, 1.165) is 16.8 Å². The second kappa shape index (κ2) is 6.84. The van der Waals surface area contributed by atoms with Crippen molar-refractivity contribution in [3.8, 4) is 0 Å². The van der Waals surface area contributed by atoms with Gasteiger partial charge in [-0.2, -0.15) is 5.10 Å². The first-order valence-corrected chi connectivity index (χ1v) is 7.95. The van der Waals surface area contributed by atoms with Crippen LogP contribution in [-0.4, -0.2) is 22.5 Å². The average Bonchev–Trinajstić information content (AvgIpc) is 3.01. The largest absolute Gasteiger partial charge is 0.326 e. The van der Waals surface area contributed by atoms with Crippen LogP contribution in [0.4, 0.5) is 10.1 Å². The standard InChI is InChI=1S/C19H18FN3O2/c1-12(24)21-17-9-5-14(6-10-17)18-11-19(23(22-18)13(2)25)15-3-7-16(20)8-4-15/h3-10,19H,11H2,1-2H3,(H,21,24)/t19-/m1/s1. The highest BCUT2D eigenvalue weighted by Crippen LogP contribution is 2.33. The molecule has 0 aromatic heterocycles. The Balaban J connectivity index is 1.85. The number of carbonyl (C=O) groups is 2. The van der Waals surface area contributed by atoms with Crippen LogP contribution < -0.4 is 5.32 Å². The summed E-state index contributed by atoms with van der Waals surface area (Å²) in [5.41, 5.74) is 3.20. The van der Waals surface area contributed by atoms with Crippen LogP contribution in [0.3, 0.4) is 0 Å². The van der Waals surface area contributed by atoms with Gasteiger partial charge in [0.2, 0.25) is 11.8 Å². The highest BCUT2D eigenvalue weighted by atomic mass is 19.1. The van der Waals surface area contributed by atoms with Crippen LogP contribution in [0, 0.1) is 5.82 Å². The van der Waals surface area contributed by atoms with E-state index in [4.69, 9.17) is 0 Å². The summed E-state index contributed by atoms with van der Waals surface area (Å²) in [5.74, 6) is -0.616. The van der Waals surface area contributed by atoms with Crippen molar-refractivity contribution >= 4 is 23.2 Å². The van der Waals surface area contributed by atoms with E-state index in [1.54, 1.807) is 24.3 Å². The maximum Gasteiger partial charge on any atom is 0.240 e.